The van der Waals surface area contributed by atoms with Gasteiger partial charge in [-0.05, 0) is 71.8 Å². The van der Waals surface area contributed by atoms with Crippen LogP contribution in [0.15, 0.2) is 11.3 Å². The van der Waals surface area contributed by atoms with E-state index in [1.165, 1.54) is 9.80 Å². The Morgan fingerprint density at radius 3 is 2.41 bits per heavy atom. The van der Waals surface area contributed by atoms with Crippen molar-refractivity contribution >= 4 is 17.9 Å². The number of halogens is 3. The van der Waals surface area contributed by atoms with E-state index in [0.717, 1.165) is 0 Å². The van der Waals surface area contributed by atoms with E-state index in [4.69, 9.17) is 4.74 Å². The molecule has 0 spiro atoms. The number of ether oxygens (including phenoxy) is 1. The highest BCUT2D eigenvalue weighted by atomic mass is 19.4. The number of carbonyl (C=O) groups excluding carboxylic acids is 3. The summed E-state index contributed by atoms with van der Waals surface area (Å²) in [6.07, 6.45) is -1.63. The number of allylic oxidation sites excluding steroid dienone is 1. The molecular formula is C27H40F3N5O4. The third kappa shape index (κ3) is 7.24. The molecule has 12 heteroatoms. The standard InChI is InChI=1S/C27H40F3N5O4/c1-4-39-25(37)23-17(2)35(21-7-5-6-20(14-21)27(28,29)30)26(38)34(16-22(36)33-13-12-32-3)24(23)19-10-8-18(15-31)9-11-19/h18-21,24,32H,4-14,16H2,1-3H3,(H,33,36). The normalized spacial score (nSPS) is 28.2. The molecule has 0 bridgehead atoms. The number of esters is 1. The Bertz CT molecular complexity index is 971. The molecule has 3 rings (SSSR count). The molecule has 0 aromatic carbocycles. The summed E-state index contributed by atoms with van der Waals surface area (Å²) in [5.74, 6) is -2.92. The molecule has 0 saturated heterocycles. The Morgan fingerprint density at radius 2 is 1.82 bits per heavy atom. The Labute approximate surface area is 228 Å². The van der Waals surface area contributed by atoms with Crippen LogP contribution >= 0.6 is 0 Å². The van der Waals surface area contributed by atoms with Crippen molar-refractivity contribution < 1.29 is 32.3 Å². The lowest BCUT2D eigenvalue weighted by Crippen LogP contribution is -2.61. The van der Waals surface area contributed by atoms with Gasteiger partial charge in [-0.1, -0.05) is 6.42 Å². The summed E-state index contributed by atoms with van der Waals surface area (Å²) >= 11 is 0. The van der Waals surface area contributed by atoms with Crippen molar-refractivity contribution in [2.45, 2.75) is 83.5 Å². The molecule has 3 atom stereocenters. The number of nitrogens with zero attached hydrogens (tertiary/aromatic N) is 3. The van der Waals surface area contributed by atoms with Gasteiger partial charge in [-0.2, -0.15) is 18.4 Å². The molecule has 1 heterocycles. The summed E-state index contributed by atoms with van der Waals surface area (Å²) in [6.45, 7) is 3.85. The van der Waals surface area contributed by atoms with Gasteiger partial charge >= 0.3 is 18.2 Å². The predicted molar refractivity (Wildman–Crippen MR) is 137 cm³/mol. The van der Waals surface area contributed by atoms with Crippen molar-refractivity contribution in [2.75, 3.05) is 33.3 Å². The highest BCUT2D eigenvalue weighted by Gasteiger charge is 2.50. The molecule has 9 nitrogen and oxygen atoms in total. The van der Waals surface area contributed by atoms with Crippen molar-refractivity contribution in [2.24, 2.45) is 17.8 Å². The maximum atomic E-state index is 14.1. The van der Waals surface area contributed by atoms with E-state index in [1.807, 2.05) is 0 Å². The first-order valence-corrected chi connectivity index (χ1v) is 13.9. The lowest BCUT2D eigenvalue weighted by molar-refractivity contribution is -0.185. The summed E-state index contributed by atoms with van der Waals surface area (Å²) in [7, 11) is 1.74. The van der Waals surface area contributed by atoms with E-state index in [9.17, 15) is 32.8 Å². The van der Waals surface area contributed by atoms with Crippen molar-refractivity contribution in [1.82, 2.24) is 20.4 Å². The molecule has 0 aromatic heterocycles. The fourth-order valence-corrected chi connectivity index (χ4v) is 6.26. The molecule has 2 aliphatic carbocycles. The minimum absolute atomic E-state index is 0.00211. The minimum Gasteiger partial charge on any atom is -0.463 e. The Morgan fingerprint density at radius 1 is 1.13 bits per heavy atom. The third-order valence-corrected chi connectivity index (χ3v) is 8.22. The second kappa shape index (κ2) is 13.5. The zero-order valence-corrected chi connectivity index (χ0v) is 23.0. The van der Waals surface area contributed by atoms with E-state index in [0.29, 0.717) is 57.3 Å². The summed E-state index contributed by atoms with van der Waals surface area (Å²) in [6, 6.07) is 0.187. The van der Waals surface area contributed by atoms with Crippen LogP contribution < -0.4 is 10.6 Å². The first-order valence-electron chi connectivity index (χ1n) is 13.9. The van der Waals surface area contributed by atoms with E-state index in [2.05, 4.69) is 16.7 Å². The van der Waals surface area contributed by atoms with Crippen LogP contribution in [0.25, 0.3) is 0 Å². The van der Waals surface area contributed by atoms with Crippen LogP contribution in [-0.4, -0.2) is 79.3 Å². The number of hydrogen-bond acceptors (Lipinski definition) is 6. The Hall–Kier alpha value is -2.81. The molecule has 2 fully saturated rings. The summed E-state index contributed by atoms with van der Waals surface area (Å²) < 4.78 is 46.4. The quantitative estimate of drug-likeness (QED) is 0.331. The van der Waals surface area contributed by atoms with Gasteiger partial charge in [0.25, 0.3) is 0 Å². The van der Waals surface area contributed by atoms with E-state index < -0.39 is 42.1 Å². The fourth-order valence-electron chi connectivity index (χ4n) is 6.26. The zero-order chi connectivity index (χ0) is 28.7. The number of alkyl halides is 3. The average Bonchev–Trinajstić information content (AvgIpc) is 2.90. The van der Waals surface area contributed by atoms with Gasteiger partial charge in [-0.3, -0.25) is 9.69 Å². The van der Waals surface area contributed by atoms with E-state index in [-0.39, 0.29) is 43.4 Å². The topological polar surface area (TPSA) is 115 Å². The van der Waals surface area contributed by atoms with E-state index >= 15 is 0 Å². The molecule has 3 amide bonds. The van der Waals surface area contributed by atoms with Gasteiger partial charge in [-0.25, -0.2) is 9.59 Å². The lowest BCUT2D eigenvalue weighted by Gasteiger charge is -2.49. The first-order chi connectivity index (χ1) is 18.5. The molecule has 2 N–H and O–H groups in total. The van der Waals surface area contributed by atoms with Gasteiger partial charge in [0.05, 0.1) is 30.2 Å². The predicted octanol–water partition coefficient (Wildman–Crippen LogP) is 3.72. The number of amides is 3. The van der Waals surface area contributed by atoms with Crippen LogP contribution in [0.1, 0.15) is 65.2 Å². The molecule has 3 unspecified atom stereocenters. The SMILES string of the molecule is CCOC(=O)C1=C(C)N(C2CCCC(C(F)(F)F)C2)C(=O)N(CC(=O)NCCNC)C1C1CCC(C#N)CC1. The van der Waals surface area contributed by atoms with Crippen LogP contribution in [0, 0.1) is 29.1 Å². The van der Waals surface area contributed by atoms with Crippen LogP contribution in [0.5, 0.6) is 0 Å². The smallest absolute Gasteiger partial charge is 0.391 e. The van der Waals surface area contributed by atoms with Gasteiger partial charge < -0.3 is 20.3 Å². The molecular weight excluding hydrogens is 515 g/mol. The van der Waals surface area contributed by atoms with Crippen LogP contribution in [0.2, 0.25) is 0 Å². The minimum atomic E-state index is -4.38. The van der Waals surface area contributed by atoms with Crippen molar-refractivity contribution in [1.29, 1.82) is 5.26 Å². The fraction of sp³-hybridized carbons (Fsp3) is 0.778. The molecule has 0 aromatic rings. The maximum Gasteiger partial charge on any atom is 0.391 e. The molecule has 218 valence electrons. The molecule has 2 saturated carbocycles. The van der Waals surface area contributed by atoms with Gasteiger partial charge in [0.1, 0.15) is 6.54 Å². The first kappa shape index (κ1) is 30.7. The van der Waals surface area contributed by atoms with Crippen molar-refractivity contribution in [3.05, 3.63) is 11.3 Å². The number of nitrogens with one attached hydrogen (secondary N) is 2. The summed E-state index contributed by atoms with van der Waals surface area (Å²) in [5, 5.41) is 15.0. The average molecular weight is 556 g/mol. The van der Waals surface area contributed by atoms with Crippen LogP contribution in [0.3, 0.4) is 0 Å². The number of hydrogen-bond donors (Lipinski definition) is 2. The Kier molecular flexibility index (Phi) is 10.6. The zero-order valence-electron chi connectivity index (χ0n) is 23.0. The van der Waals surface area contributed by atoms with Gasteiger partial charge in [0, 0.05) is 30.7 Å². The maximum absolute atomic E-state index is 14.1. The summed E-state index contributed by atoms with van der Waals surface area (Å²) in [4.78, 5) is 43.1. The highest BCUT2D eigenvalue weighted by Crippen LogP contribution is 2.44. The number of urea groups is 1. The molecule has 39 heavy (non-hydrogen) atoms. The lowest BCUT2D eigenvalue weighted by atomic mass is 9.75. The second-order valence-electron chi connectivity index (χ2n) is 10.7. The highest BCUT2D eigenvalue weighted by molar-refractivity contribution is 5.96. The number of carbonyl (C=O) groups is 3. The van der Waals surface area contributed by atoms with Crippen molar-refractivity contribution in [3.63, 3.8) is 0 Å². The van der Waals surface area contributed by atoms with Crippen LogP contribution in [0.4, 0.5) is 18.0 Å². The van der Waals surface area contributed by atoms with Gasteiger partial charge in [0.15, 0.2) is 0 Å². The second-order valence-corrected chi connectivity index (χ2v) is 10.7. The van der Waals surface area contributed by atoms with E-state index in [1.54, 1.807) is 20.9 Å². The third-order valence-electron chi connectivity index (χ3n) is 8.22. The van der Waals surface area contributed by atoms with Gasteiger partial charge in [-0.15, -0.1) is 0 Å². The largest absolute Gasteiger partial charge is 0.463 e. The molecule has 0 radical (unpaired) electrons. The number of nitriles is 1. The number of rotatable bonds is 9. The monoisotopic (exact) mass is 555 g/mol. The molecule has 1 aliphatic heterocycles. The Balaban J connectivity index is 2.04. The van der Waals surface area contributed by atoms with Crippen molar-refractivity contribution in [3.8, 4) is 6.07 Å². The summed E-state index contributed by atoms with van der Waals surface area (Å²) in [5.41, 5.74) is 0.513. The molecule has 3 aliphatic rings. The van der Waals surface area contributed by atoms with Crippen LogP contribution in [-0.2, 0) is 14.3 Å². The number of likely N-dealkylation sites (N-methyl/N-ethyl adjacent to an activating group) is 1. The van der Waals surface area contributed by atoms with Gasteiger partial charge in [0.2, 0.25) is 5.91 Å².